The van der Waals surface area contributed by atoms with Crippen molar-refractivity contribution in [1.29, 1.82) is 0 Å². The summed E-state index contributed by atoms with van der Waals surface area (Å²) in [7, 11) is 0. The van der Waals surface area contributed by atoms with Gasteiger partial charge in [-0.25, -0.2) is 0 Å². The van der Waals surface area contributed by atoms with Gasteiger partial charge in [0.25, 0.3) is 0 Å². The van der Waals surface area contributed by atoms with Crippen molar-refractivity contribution < 1.29 is 0 Å². The van der Waals surface area contributed by atoms with E-state index in [1.165, 1.54) is 0 Å². The molecule has 1 N–H and O–H groups in total. The lowest BCUT2D eigenvalue weighted by molar-refractivity contribution is 0.898. The van der Waals surface area contributed by atoms with Crippen molar-refractivity contribution in [3.63, 3.8) is 0 Å². The van der Waals surface area contributed by atoms with Crippen molar-refractivity contribution in [1.82, 2.24) is 15.2 Å². The molecule has 72 valence electrons. The smallest absolute Gasteiger partial charge is 0.0921 e. The van der Waals surface area contributed by atoms with E-state index in [-0.39, 0.29) is 0 Å². The molecule has 0 spiro atoms. The zero-order valence-electron chi connectivity index (χ0n) is 8.23. The van der Waals surface area contributed by atoms with Gasteiger partial charge in [0.1, 0.15) is 0 Å². The molecule has 2 heterocycles. The van der Waals surface area contributed by atoms with Crippen LogP contribution in [0.2, 0.25) is 0 Å². The second-order valence-corrected chi connectivity index (χ2v) is 3.49. The molecule has 0 amide bonds. The molecule has 0 aliphatic rings. The molecule has 0 aliphatic carbocycles. The Kier molecular flexibility index (Phi) is 2.26. The van der Waals surface area contributed by atoms with Gasteiger partial charge in [0.15, 0.2) is 0 Å². The van der Waals surface area contributed by atoms with Crippen molar-refractivity contribution in [2.45, 2.75) is 19.9 Å². The standard InChI is InChI=1S/C10H12N4/c1-7(2)14-9-3-8-4-12-13-6-10(8)11-5-9/h3-7,14H,1-2H3. The molecule has 4 heteroatoms. The van der Waals surface area contributed by atoms with E-state index in [4.69, 9.17) is 0 Å². The van der Waals surface area contributed by atoms with Crippen LogP contribution in [0.3, 0.4) is 0 Å². The van der Waals surface area contributed by atoms with Gasteiger partial charge in [-0.2, -0.15) is 10.2 Å². The highest BCUT2D eigenvalue weighted by Crippen LogP contribution is 2.14. The summed E-state index contributed by atoms with van der Waals surface area (Å²) in [6, 6.07) is 2.43. The minimum absolute atomic E-state index is 0.407. The van der Waals surface area contributed by atoms with Crippen molar-refractivity contribution in [2.75, 3.05) is 5.32 Å². The average Bonchev–Trinajstić information content (AvgIpc) is 2.17. The number of nitrogens with zero attached hydrogens (tertiary/aromatic N) is 3. The summed E-state index contributed by atoms with van der Waals surface area (Å²) in [5, 5.41) is 11.9. The van der Waals surface area contributed by atoms with Crippen LogP contribution < -0.4 is 5.32 Å². The Morgan fingerprint density at radius 2 is 1.93 bits per heavy atom. The highest BCUT2D eigenvalue weighted by atomic mass is 15.1. The minimum Gasteiger partial charge on any atom is -0.382 e. The number of hydrogen-bond acceptors (Lipinski definition) is 4. The van der Waals surface area contributed by atoms with E-state index >= 15 is 0 Å². The van der Waals surface area contributed by atoms with E-state index in [0.717, 1.165) is 16.6 Å². The summed E-state index contributed by atoms with van der Waals surface area (Å²) in [5.41, 5.74) is 1.88. The third-order valence-corrected chi connectivity index (χ3v) is 1.85. The maximum Gasteiger partial charge on any atom is 0.0921 e. The van der Waals surface area contributed by atoms with Gasteiger partial charge in [0, 0.05) is 11.4 Å². The Balaban J connectivity index is 2.41. The normalized spacial score (nSPS) is 10.8. The first-order valence-corrected chi connectivity index (χ1v) is 4.58. The molecule has 14 heavy (non-hydrogen) atoms. The zero-order chi connectivity index (χ0) is 9.97. The van der Waals surface area contributed by atoms with E-state index < -0.39 is 0 Å². The van der Waals surface area contributed by atoms with E-state index in [0.29, 0.717) is 6.04 Å². The monoisotopic (exact) mass is 188 g/mol. The molecule has 2 aromatic heterocycles. The van der Waals surface area contributed by atoms with Gasteiger partial charge in [-0.15, -0.1) is 0 Å². The number of rotatable bonds is 2. The predicted molar refractivity (Wildman–Crippen MR) is 56.1 cm³/mol. The Bertz CT molecular complexity index is 439. The first-order chi connectivity index (χ1) is 6.75. The van der Waals surface area contributed by atoms with Gasteiger partial charge in [-0.05, 0) is 19.9 Å². The van der Waals surface area contributed by atoms with Crippen molar-refractivity contribution >= 4 is 16.6 Å². The van der Waals surface area contributed by atoms with Gasteiger partial charge >= 0.3 is 0 Å². The maximum atomic E-state index is 4.27. The fraction of sp³-hybridized carbons (Fsp3) is 0.300. The summed E-state index contributed by atoms with van der Waals surface area (Å²) in [5.74, 6) is 0. The number of nitrogens with one attached hydrogen (secondary N) is 1. The lowest BCUT2D eigenvalue weighted by Gasteiger charge is -2.09. The molecular formula is C10H12N4. The van der Waals surface area contributed by atoms with Crippen LogP contribution in [-0.2, 0) is 0 Å². The highest BCUT2D eigenvalue weighted by Gasteiger charge is 1.98. The molecule has 0 fully saturated rings. The summed E-state index contributed by atoms with van der Waals surface area (Å²) in [4.78, 5) is 4.27. The van der Waals surface area contributed by atoms with Crippen LogP contribution in [0.5, 0.6) is 0 Å². The quantitative estimate of drug-likeness (QED) is 0.781. The molecule has 0 atom stereocenters. The second kappa shape index (κ2) is 3.57. The molecule has 0 aliphatic heterocycles. The van der Waals surface area contributed by atoms with Crippen LogP contribution in [0.15, 0.2) is 24.7 Å². The molecule has 0 bridgehead atoms. The number of aromatic nitrogens is 3. The Morgan fingerprint density at radius 3 is 2.71 bits per heavy atom. The van der Waals surface area contributed by atoms with Crippen LogP contribution in [0.4, 0.5) is 5.69 Å². The van der Waals surface area contributed by atoms with E-state index in [1.54, 1.807) is 12.4 Å². The van der Waals surface area contributed by atoms with Crippen LogP contribution in [0.25, 0.3) is 10.9 Å². The van der Waals surface area contributed by atoms with Crippen molar-refractivity contribution in [2.24, 2.45) is 0 Å². The Morgan fingerprint density at radius 1 is 1.14 bits per heavy atom. The molecule has 0 saturated heterocycles. The van der Waals surface area contributed by atoms with Gasteiger partial charge in [-0.3, -0.25) is 4.98 Å². The van der Waals surface area contributed by atoms with Gasteiger partial charge < -0.3 is 5.32 Å². The molecule has 0 saturated carbocycles. The molecular weight excluding hydrogens is 176 g/mol. The molecule has 4 nitrogen and oxygen atoms in total. The van der Waals surface area contributed by atoms with Gasteiger partial charge in [0.2, 0.25) is 0 Å². The Labute approximate surface area is 82.4 Å². The lowest BCUT2D eigenvalue weighted by atomic mass is 10.2. The molecule has 2 rings (SSSR count). The number of hydrogen-bond donors (Lipinski definition) is 1. The first-order valence-electron chi connectivity index (χ1n) is 4.58. The second-order valence-electron chi connectivity index (χ2n) is 3.49. The predicted octanol–water partition coefficient (Wildman–Crippen LogP) is 1.85. The van der Waals surface area contributed by atoms with E-state index in [2.05, 4.69) is 34.3 Å². The fourth-order valence-corrected chi connectivity index (χ4v) is 1.30. The minimum atomic E-state index is 0.407. The highest BCUT2D eigenvalue weighted by molar-refractivity contribution is 5.79. The maximum absolute atomic E-state index is 4.27. The van der Waals surface area contributed by atoms with E-state index in [1.807, 2.05) is 12.3 Å². The molecule has 0 unspecified atom stereocenters. The third-order valence-electron chi connectivity index (χ3n) is 1.85. The SMILES string of the molecule is CC(C)Nc1cnc2cnncc2c1. The van der Waals surface area contributed by atoms with Crippen LogP contribution in [0.1, 0.15) is 13.8 Å². The summed E-state index contributed by atoms with van der Waals surface area (Å²) in [6.07, 6.45) is 5.19. The summed E-state index contributed by atoms with van der Waals surface area (Å²) >= 11 is 0. The van der Waals surface area contributed by atoms with Crippen molar-refractivity contribution in [3.8, 4) is 0 Å². The zero-order valence-corrected chi connectivity index (χ0v) is 8.23. The summed E-state index contributed by atoms with van der Waals surface area (Å²) in [6.45, 7) is 4.18. The topological polar surface area (TPSA) is 50.7 Å². The van der Waals surface area contributed by atoms with E-state index in [9.17, 15) is 0 Å². The average molecular weight is 188 g/mol. The molecule has 0 radical (unpaired) electrons. The van der Waals surface area contributed by atoms with Crippen molar-refractivity contribution in [3.05, 3.63) is 24.7 Å². The van der Waals surface area contributed by atoms with Gasteiger partial charge in [-0.1, -0.05) is 0 Å². The number of anilines is 1. The first kappa shape index (κ1) is 8.87. The van der Waals surface area contributed by atoms with Crippen LogP contribution in [-0.4, -0.2) is 21.2 Å². The van der Waals surface area contributed by atoms with Crippen LogP contribution >= 0.6 is 0 Å². The number of fused-ring (bicyclic) bond motifs is 1. The molecule has 0 aromatic carbocycles. The lowest BCUT2D eigenvalue weighted by Crippen LogP contribution is -2.09. The largest absolute Gasteiger partial charge is 0.382 e. The number of pyridine rings is 1. The Hall–Kier alpha value is -1.71. The van der Waals surface area contributed by atoms with Crippen LogP contribution in [0, 0.1) is 0 Å². The fourth-order valence-electron chi connectivity index (χ4n) is 1.30. The van der Waals surface area contributed by atoms with Gasteiger partial charge in [0.05, 0.1) is 29.8 Å². The summed E-state index contributed by atoms with van der Waals surface area (Å²) < 4.78 is 0. The third kappa shape index (κ3) is 1.79. The molecule has 2 aromatic rings.